The van der Waals surface area contributed by atoms with Gasteiger partial charge in [-0.2, -0.15) is 4.98 Å². The van der Waals surface area contributed by atoms with Crippen LogP contribution in [0.15, 0.2) is 22.9 Å². The molecule has 96 valence electrons. The fourth-order valence-electron chi connectivity index (χ4n) is 1.69. The van der Waals surface area contributed by atoms with Crippen LogP contribution in [0.3, 0.4) is 0 Å². The second-order valence-electron chi connectivity index (χ2n) is 3.85. The minimum Gasteiger partial charge on any atom is -0.395 e. The Labute approximate surface area is 105 Å². The number of hydrogen-bond donors (Lipinski definition) is 1. The van der Waals surface area contributed by atoms with E-state index in [-0.39, 0.29) is 6.61 Å². The quantitative estimate of drug-likeness (QED) is 0.858. The van der Waals surface area contributed by atoms with Gasteiger partial charge in [-0.15, -0.1) is 0 Å². The second kappa shape index (κ2) is 5.59. The molecule has 0 unspecified atom stereocenters. The van der Waals surface area contributed by atoms with Crippen molar-refractivity contribution in [3.05, 3.63) is 24.2 Å². The van der Waals surface area contributed by atoms with E-state index in [9.17, 15) is 0 Å². The minimum atomic E-state index is 0.0966. The van der Waals surface area contributed by atoms with E-state index < -0.39 is 0 Å². The number of aryl methyl sites for hydroxylation is 1. The maximum atomic E-state index is 9.01. The zero-order valence-corrected chi connectivity index (χ0v) is 10.5. The summed E-state index contributed by atoms with van der Waals surface area (Å²) in [5.74, 6) is 1.88. The van der Waals surface area contributed by atoms with Crippen LogP contribution < -0.4 is 4.90 Å². The first-order valence-corrected chi connectivity index (χ1v) is 5.87. The zero-order chi connectivity index (χ0) is 13.0. The Morgan fingerprint density at radius 3 is 2.89 bits per heavy atom. The minimum absolute atomic E-state index is 0.0966. The highest BCUT2D eigenvalue weighted by Crippen LogP contribution is 2.21. The van der Waals surface area contributed by atoms with E-state index in [4.69, 9.17) is 9.63 Å². The van der Waals surface area contributed by atoms with Gasteiger partial charge in [0.15, 0.2) is 5.82 Å². The maximum Gasteiger partial charge on any atom is 0.258 e. The van der Waals surface area contributed by atoms with E-state index in [1.165, 1.54) is 0 Å². The van der Waals surface area contributed by atoms with Crippen LogP contribution in [0.25, 0.3) is 11.5 Å². The lowest BCUT2D eigenvalue weighted by atomic mass is 10.2. The van der Waals surface area contributed by atoms with Crippen molar-refractivity contribution in [3.8, 4) is 11.5 Å². The van der Waals surface area contributed by atoms with Crippen LogP contribution in [-0.4, -0.2) is 39.9 Å². The van der Waals surface area contributed by atoms with Gasteiger partial charge in [-0.3, -0.25) is 0 Å². The van der Waals surface area contributed by atoms with Crippen molar-refractivity contribution in [2.24, 2.45) is 0 Å². The molecular formula is C12H16N4O2. The summed E-state index contributed by atoms with van der Waals surface area (Å²) >= 11 is 0. The standard InChI is InChI=1S/C12H16N4O2/c1-3-16(6-7-17)11-8-10(4-5-13-11)12-14-9(2)15-18-12/h4-5,8,17H,3,6-7H2,1-2H3. The van der Waals surface area contributed by atoms with Gasteiger partial charge in [0.1, 0.15) is 5.82 Å². The molecule has 0 amide bonds. The topological polar surface area (TPSA) is 75.3 Å². The van der Waals surface area contributed by atoms with Crippen LogP contribution in [0.2, 0.25) is 0 Å². The molecule has 2 rings (SSSR count). The van der Waals surface area contributed by atoms with Crippen LogP contribution in [-0.2, 0) is 0 Å². The molecule has 0 aliphatic rings. The van der Waals surface area contributed by atoms with Gasteiger partial charge in [0, 0.05) is 24.8 Å². The van der Waals surface area contributed by atoms with Crippen LogP contribution in [0, 0.1) is 6.92 Å². The summed E-state index contributed by atoms with van der Waals surface area (Å²) < 4.78 is 5.12. The largest absolute Gasteiger partial charge is 0.395 e. The lowest BCUT2D eigenvalue weighted by Gasteiger charge is -2.20. The van der Waals surface area contributed by atoms with E-state index in [0.29, 0.717) is 18.3 Å². The van der Waals surface area contributed by atoms with Gasteiger partial charge in [-0.05, 0) is 26.0 Å². The Balaban J connectivity index is 2.29. The van der Waals surface area contributed by atoms with Crippen LogP contribution >= 0.6 is 0 Å². The lowest BCUT2D eigenvalue weighted by molar-refractivity contribution is 0.302. The van der Waals surface area contributed by atoms with Crippen LogP contribution in [0.5, 0.6) is 0 Å². The molecule has 6 nitrogen and oxygen atoms in total. The second-order valence-corrected chi connectivity index (χ2v) is 3.85. The van der Waals surface area contributed by atoms with Gasteiger partial charge in [-0.25, -0.2) is 4.98 Å². The molecule has 0 saturated heterocycles. The molecule has 0 bridgehead atoms. The molecule has 0 saturated carbocycles. The average molecular weight is 248 g/mol. The molecule has 0 aliphatic heterocycles. The van der Waals surface area contributed by atoms with Crippen LogP contribution in [0.4, 0.5) is 5.82 Å². The Bertz CT molecular complexity index is 512. The highest BCUT2D eigenvalue weighted by molar-refractivity contribution is 5.58. The third-order valence-electron chi connectivity index (χ3n) is 2.60. The summed E-state index contributed by atoms with van der Waals surface area (Å²) in [6.45, 7) is 5.22. The molecule has 0 fully saturated rings. The molecule has 6 heteroatoms. The fraction of sp³-hybridized carbons (Fsp3) is 0.417. The van der Waals surface area contributed by atoms with E-state index >= 15 is 0 Å². The fourth-order valence-corrected chi connectivity index (χ4v) is 1.69. The van der Waals surface area contributed by atoms with Crippen molar-refractivity contribution in [2.75, 3.05) is 24.6 Å². The van der Waals surface area contributed by atoms with Crippen molar-refractivity contribution < 1.29 is 9.63 Å². The summed E-state index contributed by atoms with van der Waals surface area (Å²) in [7, 11) is 0. The number of likely N-dealkylation sites (N-methyl/N-ethyl adjacent to an activating group) is 1. The Morgan fingerprint density at radius 2 is 2.28 bits per heavy atom. The molecule has 2 aromatic rings. The van der Waals surface area contributed by atoms with Gasteiger partial charge in [0.05, 0.1) is 6.61 Å². The van der Waals surface area contributed by atoms with Crippen LogP contribution in [0.1, 0.15) is 12.7 Å². The molecule has 0 aromatic carbocycles. The number of aromatic nitrogens is 3. The van der Waals surface area contributed by atoms with E-state index in [1.807, 2.05) is 24.0 Å². The van der Waals surface area contributed by atoms with Gasteiger partial charge in [0.2, 0.25) is 0 Å². The number of nitrogens with zero attached hydrogens (tertiary/aromatic N) is 4. The highest BCUT2D eigenvalue weighted by Gasteiger charge is 2.10. The smallest absolute Gasteiger partial charge is 0.258 e. The summed E-state index contributed by atoms with van der Waals surface area (Å²) in [5, 5.41) is 12.8. The lowest BCUT2D eigenvalue weighted by Crippen LogP contribution is -2.26. The molecule has 0 aliphatic carbocycles. The number of hydrogen-bond acceptors (Lipinski definition) is 6. The molecule has 0 spiro atoms. The third-order valence-corrected chi connectivity index (χ3v) is 2.60. The van der Waals surface area contributed by atoms with Crippen molar-refractivity contribution in [2.45, 2.75) is 13.8 Å². The van der Waals surface area contributed by atoms with Crippen molar-refractivity contribution in [3.63, 3.8) is 0 Å². The van der Waals surface area contributed by atoms with Gasteiger partial charge in [-0.1, -0.05) is 5.16 Å². The highest BCUT2D eigenvalue weighted by atomic mass is 16.5. The number of aliphatic hydroxyl groups is 1. The molecule has 0 atom stereocenters. The SMILES string of the molecule is CCN(CCO)c1cc(-c2nc(C)no2)ccn1. The molecule has 0 radical (unpaired) electrons. The first-order valence-electron chi connectivity index (χ1n) is 5.87. The number of anilines is 1. The predicted molar refractivity (Wildman–Crippen MR) is 67.2 cm³/mol. The first kappa shape index (κ1) is 12.5. The monoisotopic (exact) mass is 248 g/mol. The summed E-state index contributed by atoms with van der Waals surface area (Å²) in [5.41, 5.74) is 0.831. The van der Waals surface area contributed by atoms with E-state index in [0.717, 1.165) is 17.9 Å². The van der Waals surface area contributed by atoms with Crippen molar-refractivity contribution >= 4 is 5.82 Å². The normalized spacial score (nSPS) is 10.6. The van der Waals surface area contributed by atoms with Gasteiger partial charge < -0.3 is 14.5 Å². The van der Waals surface area contributed by atoms with E-state index in [2.05, 4.69) is 15.1 Å². The van der Waals surface area contributed by atoms with Crippen molar-refractivity contribution in [1.29, 1.82) is 0 Å². The molecule has 1 N–H and O–H groups in total. The summed E-state index contributed by atoms with van der Waals surface area (Å²) in [6, 6.07) is 3.70. The number of rotatable bonds is 5. The molecule has 2 heterocycles. The first-order chi connectivity index (χ1) is 8.74. The van der Waals surface area contributed by atoms with Crippen molar-refractivity contribution in [1.82, 2.24) is 15.1 Å². The zero-order valence-electron chi connectivity index (χ0n) is 10.5. The summed E-state index contributed by atoms with van der Waals surface area (Å²) in [4.78, 5) is 10.4. The van der Waals surface area contributed by atoms with Gasteiger partial charge in [0.25, 0.3) is 5.89 Å². The predicted octanol–water partition coefficient (Wildman–Crippen LogP) is 1.26. The molecule has 18 heavy (non-hydrogen) atoms. The summed E-state index contributed by atoms with van der Waals surface area (Å²) in [6.07, 6.45) is 1.70. The number of aliphatic hydroxyl groups excluding tert-OH is 1. The van der Waals surface area contributed by atoms with E-state index in [1.54, 1.807) is 13.1 Å². The van der Waals surface area contributed by atoms with Gasteiger partial charge >= 0.3 is 0 Å². The molecular weight excluding hydrogens is 232 g/mol. The number of pyridine rings is 1. The Kier molecular flexibility index (Phi) is 3.88. The average Bonchev–Trinajstić information content (AvgIpc) is 2.83. The Morgan fingerprint density at radius 1 is 1.44 bits per heavy atom. The Hall–Kier alpha value is -1.95. The molecule has 2 aromatic heterocycles. The maximum absolute atomic E-state index is 9.01. The third kappa shape index (κ3) is 2.65.